The third-order valence-electron chi connectivity index (χ3n) is 3.71. The first-order valence-corrected chi connectivity index (χ1v) is 8.96. The van der Waals surface area contributed by atoms with Crippen LogP contribution in [0, 0.1) is 5.92 Å². The number of likely N-dealkylation sites (N-methyl/N-ethyl adjacent to an activating group) is 1. The Hall–Kier alpha value is -2.41. The molecule has 0 spiro atoms. The average molecular weight is 362 g/mol. The molecular weight excluding hydrogens is 332 g/mol. The van der Waals surface area contributed by atoms with Crippen molar-refractivity contribution in [3.05, 3.63) is 24.3 Å². The van der Waals surface area contributed by atoms with E-state index >= 15 is 0 Å². The summed E-state index contributed by atoms with van der Waals surface area (Å²) in [4.78, 5) is 36.9. The van der Waals surface area contributed by atoms with Gasteiger partial charge in [-0.25, -0.2) is 0 Å². The molecule has 1 aromatic carbocycles. The van der Waals surface area contributed by atoms with Crippen molar-refractivity contribution in [2.75, 3.05) is 36.8 Å². The standard InChI is InChI=1S/C19H30N4O3/c1-5-23(12-18(25)20-11-10-14(2)3)13-19(26)22-17-8-6-16(7-9-17)21-15(4)24/h6-9,14H,5,10-13H2,1-4H3,(H,20,25)(H,21,24)(H,22,26). The summed E-state index contributed by atoms with van der Waals surface area (Å²) in [7, 11) is 0. The summed E-state index contributed by atoms with van der Waals surface area (Å²) in [5.74, 6) is 0.140. The van der Waals surface area contributed by atoms with E-state index in [2.05, 4.69) is 29.8 Å². The molecular formula is C19H30N4O3. The summed E-state index contributed by atoms with van der Waals surface area (Å²) in [6.45, 7) is 9.17. The largest absolute Gasteiger partial charge is 0.355 e. The van der Waals surface area contributed by atoms with E-state index in [1.807, 2.05) is 6.92 Å². The molecule has 0 aliphatic carbocycles. The fraction of sp³-hybridized carbons (Fsp3) is 0.526. The van der Waals surface area contributed by atoms with E-state index in [4.69, 9.17) is 0 Å². The van der Waals surface area contributed by atoms with Gasteiger partial charge in [0.05, 0.1) is 13.1 Å². The first kappa shape index (κ1) is 21.6. The molecule has 7 heteroatoms. The fourth-order valence-electron chi connectivity index (χ4n) is 2.28. The van der Waals surface area contributed by atoms with Gasteiger partial charge in [0.25, 0.3) is 0 Å². The smallest absolute Gasteiger partial charge is 0.238 e. The molecule has 1 aromatic rings. The van der Waals surface area contributed by atoms with E-state index in [0.29, 0.717) is 30.4 Å². The maximum absolute atomic E-state index is 12.2. The van der Waals surface area contributed by atoms with Crippen LogP contribution in [0.15, 0.2) is 24.3 Å². The minimum Gasteiger partial charge on any atom is -0.355 e. The van der Waals surface area contributed by atoms with Crippen molar-refractivity contribution < 1.29 is 14.4 Å². The molecule has 0 aromatic heterocycles. The van der Waals surface area contributed by atoms with Gasteiger partial charge < -0.3 is 16.0 Å². The van der Waals surface area contributed by atoms with Gasteiger partial charge in [-0.05, 0) is 43.1 Å². The molecule has 0 aliphatic rings. The molecule has 144 valence electrons. The van der Waals surface area contributed by atoms with Crippen LogP contribution in [-0.2, 0) is 14.4 Å². The van der Waals surface area contributed by atoms with Gasteiger partial charge in [-0.2, -0.15) is 0 Å². The van der Waals surface area contributed by atoms with Crippen molar-refractivity contribution in [3.63, 3.8) is 0 Å². The number of hydrogen-bond acceptors (Lipinski definition) is 4. The number of nitrogens with zero attached hydrogens (tertiary/aromatic N) is 1. The number of nitrogens with one attached hydrogen (secondary N) is 3. The lowest BCUT2D eigenvalue weighted by Crippen LogP contribution is -2.41. The first-order valence-electron chi connectivity index (χ1n) is 8.96. The van der Waals surface area contributed by atoms with E-state index in [1.54, 1.807) is 29.2 Å². The van der Waals surface area contributed by atoms with Gasteiger partial charge >= 0.3 is 0 Å². The second kappa shape index (κ2) is 11.3. The maximum atomic E-state index is 12.2. The van der Waals surface area contributed by atoms with E-state index in [0.717, 1.165) is 6.42 Å². The monoisotopic (exact) mass is 362 g/mol. The van der Waals surface area contributed by atoms with E-state index < -0.39 is 0 Å². The number of carbonyl (C=O) groups is 3. The Balaban J connectivity index is 2.43. The third kappa shape index (κ3) is 9.17. The van der Waals surface area contributed by atoms with Crippen molar-refractivity contribution in [3.8, 4) is 0 Å². The second-order valence-corrected chi connectivity index (χ2v) is 6.64. The zero-order valence-corrected chi connectivity index (χ0v) is 16.1. The van der Waals surface area contributed by atoms with Gasteiger partial charge in [0.1, 0.15) is 0 Å². The normalized spacial score (nSPS) is 10.7. The molecule has 26 heavy (non-hydrogen) atoms. The third-order valence-corrected chi connectivity index (χ3v) is 3.71. The number of amides is 3. The molecule has 7 nitrogen and oxygen atoms in total. The number of benzene rings is 1. The lowest BCUT2D eigenvalue weighted by Gasteiger charge is -2.19. The highest BCUT2D eigenvalue weighted by Gasteiger charge is 2.13. The molecule has 3 N–H and O–H groups in total. The minimum absolute atomic E-state index is 0.0695. The van der Waals surface area contributed by atoms with E-state index in [-0.39, 0.29) is 30.8 Å². The molecule has 0 fully saturated rings. The summed E-state index contributed by atoms with van der Waals surface area (Å²) in [5.41, 5.74) is 1.31. The zero-order valence-electron chi connectivity index (χ0n) is 16.1. The Morgan fingerprint density at radius 3 is 2.00 bits per heavy atom. The van der Waals surface area contributed by atoms with Crippen LogP contribution in [0.5, 0.6) is 0 Å². The molecule has 0 saturated carbocycles. The average Bonchev–Trinajstić information content (AvgIpc) is 2.55. The van der Waals surface area contributed by atoms with Crippen molar-refractivity contribution in [2.24, 2.45) is 5.92 Å². The summed E-state index contributed by atoms with van der Waals surface area (Å²) in [6, 6.07) is 6.88. The van der Waals surface area contributed by atoms with Gasteiger partial charge in [0, 0.05) is 24.8 Å². The Morgan fingerprint density at radius 2 is 1.50 bits per heavy atom. The van der Waals surface area contributed by atoms with Crippen LogP contribution in [-0.4, -0.2) is 48.8 Å². The number of carbonyl (C=O) groups excluding carboxylic acids is 3. The van der Waals surface area contributed by atoms with Crippen LogP contribution in [0.4, 0.5) is 11.4 Å². The Morgan fingerprint density at radius 1 is 0.962 bits per heavy atom. The van der Waals surface area contributed by atoms with Gasteiger partial charge in [0.2, 0.25) is 17.7 Å². The molecule has 0 aliphatic heterocycles. The van der Waals surface area contributed by atoms with Crippen LogP contribution < -0.4 is 16.0 Å². The van der Waals surface area contributed by atoms with E-state index in [9.17, 15) is 14.4 Å². The molecule has 0 atom stereocenters. The predicted molar refractivity (Wildman–Crippen MR) is 104 cm³/mol. The number of hydrogen-bond donors (Lipinski definition) is 3. The highest BCUT2D eigenvalue weighted by Crippen LogP contribution is 2.13. The number of rotatable bonds is 10. The summed E-state index contributed by atoms with van der Waals surface area (Å²) in [5, 5.41) is 8.34. The summed E-state index contributed by atoms with van der Waals surface area (Å²) in [6.07, 6.45) is 0.937. The second-order valence-electron chi connectivity index (χ2n) is 6.64. The van der Waals surface area contributed by atoms with Crippen LogP contribution in [0.3, 0.4) is 0 Å². The van der Waals surface area contributed by atoms with Gasteiger partial charge in [0.15, 0.2) is 0 Å². The summed E-state index contributed by atoms with van der Waals surface area (Å²) < 4.78 is 0. The molecule has 0 heterocycles. The lowest BCUT2D eigenvalue weighted by atomic mass is 10.1. The van der Waals surface area contributed by atoms with Crippen molar-refractivity contribution in [2.45, 2.75) is 34.1 Å². The molecule has 3 amide bonds. The SMILES string of the molecule is CCN(CC(=O)NCCC(C)C)CC(=O)Nc1ccc(NC(C)=O)cc1. The maximum Gasteiger partial charge on any atom is 0.238 e. The Kier molecular flexibility index (Phi) is 9.36. The molecule has 1 rings (SSSR count). The topological polar surface area (TPSA) is 90.5 Å². The van der Waals surface area contributed by atoms with Crippen LogP contribution >= 0.6 is 0 Å². The van der Waals surface area contributed by atoms with E-state index in [1.165, 1.54) is 6.92 Å². The van der Waals surface area contributed by atoms with Crippen molar-refractivity contribution in [1.82, 2.24) is 10.2 Å². The lowest BCUT2D eigenvalue weighted by molar-refractivity contribution is -0.123. The first-order chi connectivity index (χ1) is 12.3. The molecule has 0 radical (unpaired) electrons. The fourth-order valence-corrected chi connectivity index (χ4v) is 2.28. The van der Waals surface area contributed by atoms with Crippen LogP contribution in [0.25, 0.3) is 0 Å². The quantitative estimate of drug-likeness (QED) is 0.594. The molecule has 0 saturated heterocycles. The van der Waals surface area contributed by atoms with Crippen LogP contribution in [0.1, 0.15) is 34.1 Å². The van der Waals surface area contributed by atoms with Crippen molar-refractivity contribution in [1.29, 1.82) is 0 Å². The van der Waals surface area contributed by atoms with Gasteiger partial charge in [-0.1, -0.05) is 20.8 Å². The number of anilines is 2. The van der Waals surface area contributed by atoms with Gasteiger partial charge in [-0.15, -0.1) is 0 Å². The minimum atomic E-state index is -0.186. The van der Waals surface area contributed by atoms with Gasteiger partial charge in [-0.3, -0.25) is 19.3 Å². The Bertz CT molecular complexity index is 599. The highest BCUT2D eigenvalue weighted by molar-refractivity contribution is 5.93. The predicted octanol–water partition coefficient (Wildman–Crippen LogP) is 2.07. The summed E-state index contributed by atoms with van der Waals surface area (Å²) >= 11 is 0. The van der Waals surface area contributed by atoms with Crippen LogP contribution in [0.2, 0.25) is 0 Å². The molecule has 0 bridgehead atoms. The Labute approximate surface area is 155 Å². The zero-order chi connectivity index (χ0) is 19.5. The molecule has 0 unspecified atom stereocenters. The van der Waals surface area contributed by atoms with Crippen molar-refractivity contribution >= 4 is 29.1 Å². The highest BCUT2D eigenvalue weighted by atomic mass is 16.2.